The van der Waals surface area contributed by atoms with Crippen LogP contribution in [0.2, 0.25) is 0 Å². The maximum atomic E-state index is 12.7. The highest BCUT2D eigenvalue weighted by molar-refractivity contribution is 8.18. The van der Waals surface area contributed by atoms with E-state index in [1.54, 1.807) is 49.4 Å². The first-order valence-corrected chi connectivity index (χ1v) is 11.0. The number of esters is 1. The number of hydrogen-bond acceptors (Lipinski definition) is 6. The lowest BCUT2D eigenvalue weighted by Gasteiger charge is -2.11. The van der Waals surface area contributed by atoms with Gasteiger partial charge in [0.2, 0.25) is 0 Å². The lowest BCUT2D eigenvalue weighted by atomic mass is 10.1. The summed E-state index contributed by atoms with van der Waals surface area (Å²) in [5.41, 5.74) is 2.32. The van der Waals surface area contributed by atoms with Crippen molar-refractivity contribution in [2.45, 2.75) is 13.3 Å². The minimum Gasteiger partial charge on any atom is -0.462 e. The average molecular weight is 448 g/mol. The molecule has 0 saturated carbocycles. The van der Waals surface area contributed by atoms with Gasteiger partial charge in [-0.1, -0.05) is 42.5 Å². The summed E-state index contributed by atoms with van der Waals surface area (Å²) in [6, 6.07) is 20.1. The summed E-state index contributed by atoms with van der Waals surface area (Å²) in [5.74, 6) is 0.382. The van der Waals surface area contributed by atoms with Gasteiger partial charge in [0.05, 0.1) is 17.1 Å². The number of thioether (sulfide) groups is 1. The van der Waals surface area contributed by atoms with Crippen LogP contribution in [0.5, 0.6) is 0 Å². The molecular weight excluding hydrogens is 426 g/mol. The number of nitrogens with zero attached hydrogens (tertiary/aromatic N) is 1. The van der Waals surface area contributed by atoms with Gasteiger partial charge in [-0.25, -0.2) is 4.79 Å². The lowest BCUT2D eigenvalue weighted by molar-refractivity contribution is -0.122. The van der Waals surface area contributed by atoms with Gasteiger partial charge in [-0.3, -0.25) is 14.5 Å². The maximum absolute atomic E-state index is 12.7. The molecule has 3 aromatic rings. The normalized spacial score (nSPS) is 14.9. The monoisotopic (exact) mass is 447 g/mol. The van der Waals surface area contributed by atoms with Crippen LogP contribution in [-0.4, -0.2) is 35.2 Å². The van der Waals surface area contributed by atoms with Gasteiger partial charge in [0.15, 0.2) is 0 Å². The summed E-state index contributed by atoms with van der Waals surface area (Å²) in [5, 5.41) is -0.279. The van der Waals surface area contributed by atoms with E-state index in [1.807, 2.05) is 30.3 Å². The first kappa shape index (κ1) is 21.6. The Morgan fingerprint density at radius 1 is 1.03 bits per heavy atom. The molecule has 0 aliphatic carbocycles. The SMILES string of the molecule is CCOC(=O)c1ccc(-c2ccc(/C=C3/SC(=O)N(CCc4ccccc4)C3=O)o2)cc1. The molecule has 0 unspecified atom stereocenters. The zero-order valence-electron chi connectivity index (χ0n) is 17.4. The molecule has 162 valence electrons. The summed E-state index contributed by atoms with van der Waals surface area (Å²) in [7, 11) is 0. The van der Waals surface area contributed by atoms with Crippen molar-refractivity contribution in [3.8, 4) is 11.3 Å². The molecule has 0 N–H and O–H groups in total. The van der Waals surface area contributed by atoms with Crippen LogP contribution < -0.4 is 0 Å². The zero-order chi connectivity index (χ0) is 22.5. The van der Waals surface area contributed by atoms with Crippen molar-refractivity contribution in [1.82, 2.24) is 4.90 Å². The fraction of sp³-hybridized carbons (Fsp3) is 0.160. The largest absolute Gasteiger partial charge is 0.462 e. The van der Waals surface area contributed by atoms with E-state index in [-0.39, 0.29) is 17.1 Å². The second-order valence-electron chi connectivity index (χ2n) is 7.07. The molecule has 0 atom stereocenters. The van der Waals surface area contributed by atoms with Crippen LogP contribution in [0.1, 0.15) is 28.6 Å². The van der Waals surface area contributed by atoms with Crippen molar-refractivity contribution < 1.29 is 23.5 Å². The fourth-order valence-electron chi connectivity index (χ4n) is 3.28. The fourth-order valence-corrected chi connectivity index (χ4v) is 4.12. The topological polar surface area (TPSA) is 76.8 Å². The van der Waals surface area contributed by atoms with Gasteiger partial charge < -0.3 is 9.15 Å². The van der Waals surface area contributed by atoms with Gasteiger partial charge in [-0.2, -0.15) is 0 Å². The Bertz CT molecular complexity index is 1160. The Balaban J connectivity index is 1.44. The molecule has 0 bridgehead atoms. The average Bonchev–Trinajstić information content (AvgIpc) is 3.38. The molecule has 2 heterocycles. The van der Waals surface area contributed by atoms with Crippen molar-refractivity contribution in [2.24, 2.45) is 0 Å². The second-order valence-corrected chi connectivity index (χ2v) is 8.06. The molecule has 7 heteroatoms. The van der Waals surface area contributed by atoms with Crippen LogP contribution in [0.4, 0.5) is 4.79 Å². The van der Waals surface area contributed by atoms with E-state index in [2.05, 4.69) is 0 Å². The lowest BCUT2D eigenvalue weighted by Crippen LogP contribution is -2.30. The summed E-state index contributed by atoms with van der Waals surface area (Å²) < 4.78 is 10.8. The molecular formula is C25H21NO5S. The predicted molar refractivity (Wildman–Crippen MR) is 123 cm³/mol. The maximum Gasteiger partial charge on any atom is 0.338 e. The van der Waals surface area contributed by atoms with Crippen LogP contribution in [-0.2, 0) is 16.0 Å². The minimum atomic E-state index is -0.373. The van der Waals surface area contributed by atoms with Crippen LogP contribution >= 0.6 is 11.8 Å². The first-order chi connectivity index (χ1) is 15.5. The Hall–Kier alpha value is -3.58. The number of rotatable bonds is 7. The molecule has 1 aliphatic heterocycles. The quantitative estimate of drug-likeness (QED) is 0.356. The number of hydrogen-bond donors (Lipinski definition) is 0. The number of carbonyl (C=O) groups excluding carboxylic acids is 3. The Labute approximate surface area is 189 Å². The molecule has 2 aromatic carbocycles. The summed E-state index contributed by atoms with van der Waals surface area (Å²) in [4.78, 5) is 38.4. The minimum absolute atomic E-state index is 0.279. The van der Waals surface area contributed by atoms with Crippen molar-refractivity contribution in [1.29, 1.82) is 0 Å². The van der Waals surface area contributed by atoms with Crippen LogP contribution in [0, 0.1) is 0 Å². The Kier molecular flexibility index (Phi) is 6.56. The third kappa shape index (κ3) is 4.84. The zero-order valence-corrected chi connectivity index (χ0v) is 18.3. The van der Waals surface area contributed by atoms with Crippen LogP contribution in [0.3, 0.4) is 0 Å². The number of imide groups is 1. The number of carbonyl (C=O) groups is 3. The molecule has 0 spiro atoms. The van der Waals surface area contributed by atoms with Crippen molar-refractivity contribution >= 4 is 35.0 Å². The second kappa shape index (κ2) is 9.70. The van der Waals surface area contributed by atoms with E-state index in [1.165, 1.54) is 4.90 Å². The summed E-state index contributed by atoms with van der Waals surface area (Å²) in [6.07, 6.45) is 2.20. The van der Waals surface area contributed by atoms with Gasteiger partial charge >= 0.3 is 5.97 Å². The molecule has 1 saturated heterocycles. The summed E-state index contributed by atoms with van der Waals surface area (Å²) in [6.45, 7) is 2.41. The van der Waals surface area contributed by atoms with Gasteiger partial charge in [-0.15, -0.1) is 0 Å². The molecule has 2 amide bonds. The molecule has 1 aromatic heterocycles. The molecule has 32 heavy (non-hydrogen) atoms. The van der Waals surface area contributed by atoms with Gasteiger partial charge in [0.25, 0.3) is 11.1 Å². The van der Waals surface area contributed by atoms with Gasteiger partial charge in [-0.05, 0) is 54.9 Å². The van der Waals surface area contributed by atoms with E-state index in [4.69, 9.17) is 9.15 Å². The molecule has 1 aliphatic rings. The van der Waals surface area contributed by atoms with Crippen molar-refractivity contribution in [3.63, 3.8) is 0 Å². The number of ether oxygens (including phenoxy) is 1. The third-order valence-corrected chi connectivity index (χ3v) is 5.83. The highest BCUT2D eigenvalue weighted by atomic mass is 32.2. The third-order valence-electron chi connectivity index (χ3n) is 4.92. The van der Waals surface area contributed by atoms with Crippen molar-refractivity contribution in [2.75, 3.05) is 13.2 Å². The molecule has 6 nitrogen and oxygen atoms in total. The van der Waals surface area contributed by atoms with E-state index >= 15 is 0 Å². The number of benzene rings is 2. The molecule has 1 fully saturated rings. The van der Waals surface area contributed by atoms with Gasteiger partial charge in [0.1, 0.15) is 11.5 Å². The summed E-state index contributed by atoms with van der Waals surface area (Å²) >= 11 is 0.914. The van der Waals surface area contributed by atoms with E-state index in [9.17, 15) is 14.4 Å². The number of furan rings is 1. The smallest absolute Gasteiger partial charge is 0.338 e. The standard InChI is InChI=1S/C25H21NO5S/c1-2-30-24(28)19-10-8-18(9-11-19)21-13-12-20(31-21)16-22-23(27)26(25(29)32-22)15-14-17-6-4-3-5-7-17/h3-13,16H,2,14-15H2,1H3/b22-16+. The van der Waals surface area contributed by atoms with Crippen LogP contribution in [0.15, 0.2) is 76.1 Å². The van der Waals surface area contributed by atoms with E-state index < -0.39 is 0 Å². The molecule has 4 rings (SSSR count). The molecule has 0 radical (unpaired) electrons. The van der Waals surface area contributed by atoms with Crippen LogP contribution in [0.25, 0.3) is 17.4 Å². The van der Waals surface area contributed by atoms with E-state index in [0.717, 1.165) is 22.9 Å². The first-order valence-electron chi connectivity index (χ1n) is 10.2. The highest BCUT2D eigenvalue weighted by Crippen LogP contribution is 2.33. The number of amides is 2. The highest BCUT2D eigenvalue weighted by Gasteiger charge is 2.34. The van der Waals surface area contributed by atoms with Crippen molar-refractivity contribution in [3.05, 3.63) is 88.5 Å². The van der Waals surface area contributed by atoms with Gasteiger partial charge in [0, 0.05) is 18.2 Å². The predicted octanol–water partition coefficient (Wildman–Crippen LogP) is 5.40. The Morgan fingerprint density at radius 3 is 2.50 bits per heavy atom. The van der Waals surface area contributed by atoms with E-state index in [0.29, 0.717) is 41.6 Å². The Morgan fingerprint density at radius 2 is 1.78 bits per heavy atom.